The van der Waals surface area contributed by atoms with Crippen molar-refractivity contribution in [1.82, 2.24) is 0 Å². The number of aryl methyl sites for hydroxylation is 1. The van der Waals surface area contributed by atoms with Crippen LogP contribution in [0.1, 0.15) is 55.2 Å². The average Bonchev–Trinajstić information content (AvgIpc) is 2.78. The van der Waals surface area contributed by atoms with E-state index >= 15 is 0 Å². The molecule has 3 rings (SSSR count). The molecule has 33 heavy (non-hydrogen) atoms. The van der Waals surface area contributed by atoms with Crippen LogP contribution in [0.25, 0.3) is 0 Å². The van der Waals surface area contributed by atoms with Crippen molar-refractivity contribution in [2.75, 3.05) is 0 Å². The molecule has 8 heteroatoms. The standard InChI is InChI=1S/C25H23F7O/c1-2-16-5-10-19(11-6-16)20-12-7-17(8-13-20)3-4-18-9-14-22(21(26)15-18)33-25(31,32)23(27)24(28,29)30/h5-6,9-11,14-15,17,20,23H,2,7-8,12-13H2,1H3. The molecule has 0 bridgehead atoms. The van der Waals surface area contributed by atoms with E-state index < -0.39 is 30.0 Å². The topological polar surface area (TPSA) is 9.23 Å². The minimum Gasteiger partial charge on any atom is -0.427 e. The van der Waals surface area contributed by atoms with Crippen LogP contribution in [0.4, 0.5) is 30.7 Å². The Hall–Kier alpha value is -2.69. The average molecular weight is 472 g/mol. The number of alkyl halides is 6. The molecule has 1 fully saturated rings. The van der Waals surface area contributed by atoms with E-state index in [1.54, 1.807) is 0 Å². The fourth-order valence-corrected chi connectivity index (χ4v) is 3.83. The highest BCUT2D eigenvalue weighted by Crippen LogP contribution is 2.38. The van der Waals surface area contributed by atoms with Crippen LogP contribution >= 0.6 is 0 Å². The third-order valence-corrected chi connectivity index (χ3v) is 5.77. The Labute approximate surface area is 187 Å². The molecule has 1 unspecified atom stereocenters. The molecule has 1 nitrogen and oxygen atoms in total. The predicted molar refractivity (Wildman–Crippen MR) is 110 cm³/mol. The Kier molecular flexibility index (Phi) is 7.61. The van der Waals surface area contributed by atoms with Gasteiger partial charge < -0.3 is 4.74 Å². The van der Waals surface area contributed by atoms with Crippen molar-refractivity contribution in [3.8, 4) is 17.6 Å². The molecule has 0 spiro atoms. The molecule has 0 N–H and O–H groups in total. The third kappa shape index (κ3) is 6.43. The maximum Gasteiger partial charge on any atom is 0.439 e. The SMILES string of the molecule is CCc1ccc(C2CCC(C#Cc3ccc(OC(F)(F)C(F)C(F)(F)F)c(F)c3)CC2)cc1. The van der Waals surface area contributed by atoms with Gasteiger partial charge in [0.05, 0.1) is 0 Å². The predicted octanol–water partition coefficient (Wildman–Crippen LogP) is 7.59. The van der Waals surface area contributed by atoms with Crippen LogP contribution < -0.4 is 4.74 Å². The zero-order valence-corrected chi connectivity index (χ0v) is 17.9. The first-order valence-corrected chi connectivity index (χ1v) is 10.7. The van der Waals surface area contributed by atoms with E-state index in [0.717, 1.165) is 44.2 Å². The third-order valence-electron chi connectivity index (χ3n) is 5.77. The number of hydrogen-bond donors (Lipinski definition) is 0. The summed E-state index contributed by atoms with van der Waals surface area (Å²) in [5, 5.41) is 0. The largest absolute Gasteiger partial charge is 0.439 e. The first kappa shape index (κ1) is 24.9. The molecule has 1 atom stereocenters. The zero-order valence-electron chi connectivity index (χ0n) is 17.9. The number of hydrogen-bond acceptors (Lipinski definition) is 1. The maximum absolute atomic E-state index is 14.1. The van der Waals surface area contributed by atoms with Gasteiger partial charge in [-0.25, -0.2) is 8.78 Å². The van der Waals surface area contributed by atoms with Gasteiger partial charge >= 0.3 is 12.3 Å². The lowest BCUT2D eigenvalue weighted by atomic mass is 9.79. The quantitative estimate of drug-likeness (QED) is 0.322. The van der Waals surface area contributed by atoms with Crippen molar-refractivity contribution in [2.24, 2.45) is 5.92 Å². The summed E-state index contributed by atoms with van der Waals surface area (Å²) in [6, 6.07) is 11.2. The molecular formula is C25H23F7O. The minimum absolute atomic E-state index is 0.0959. The van der Waals surface area contributed by atoms with E-state index in [2.05, 4.69) is 47.8 Å². The Morgan fingerprint density at radius 2 is 1.61 bits per heavy atom. The molecule has 0 radical (unpaired) electrons. The number of halogens is 7. The van der Waals surface area contributed by atoms with Crippen molar-refractivity contribution in [3.05, 3.63) is 65.0 Å². The van der Waals surface area contributed by atoms with Crippen molar-refractivity contribution < 1.29 is 35.5 Å². The van der Waals surface area contributed by atoms with Gasteiger partial charge in [0.15, 0.2) is 11.6 Å². The van der Waals surface area contributed by atoms with Gasteiger partial charge in [-0.2, -0.15) is 22.0 Å². The van der Waals surface area contributed by atoms with Crippen LogP contribution in [0, 0.1) is 23.6 Å². The monoisotopic (exact) mass is 472 g/mol. The van der Waals surface area contributed by atoms with E-state index in [4.69, 9.17) is 0 Å². The zero-order chi connectivity index (χ0) is 24.2. The van der Waals surface area contributed by atoms with Crippen molar-refractivity contribution >= 4 is 0 Å². The summed E-state index contributed by atoms with van der Waals surface area (Å²) < 4.78 is 94.0. The van der Waals surface area contributed by atoms with Crippen molar-refractivity contribution in [2.45, 2.75) is 63.4 Å². The summed E-state index contributed by atoms with van der Waals surface area (Å²) >= 11 is 0. The van der Waals surface area contributed by atoms with Gasteiger partial charge in [-0.05, 0) is 67.3 Å². The Bertz CT molecular complexity index is 994. The fraction of sp³-hybridized carbons (Fsp3) is 0.440. The minimum atomic E-state index is -5.84. The lowest BCUT2D eigenvalue weighted by Crippen LogP contribution is -2.45. The molecule has 2 aromatic carbocycles. The van der Waals surface area contributed by atoms with Gasteiger partial charge in [0, 0.05) is 11.5 Å². The highest BCUT2D eigenvalue weighted by molar-refractivity contribution is 5.40. The van der Waals surface area contributed by atoms with Crippen LogP contribution in [-0.4, -0.2) is 18.5 Å². The highest BCUT2D eigenvalue weighted by Gasteiger charge is 2.59. The van der Waals surface area contributed by atoms with Crippen molar-refractivity contribution in [1.29, 1.82) is 0 Å². The van der Waals surface area contributed by atoms with Gasteiger partial charge in [-0.1, -0.05) is 43.0 Å². The molecule has 1 aliphatic rings. The summed E-state index contributed by atoms with van der Waals surface area (Å²) in [4.78, 5) is 0. The Morgan fingerprint density at radius 3 is 2.15 bits per heavy atom. The molecule has 0 aromatic heterocycles. The lowest BCUT2D eigenvalue weighted by molar-refractivity contribution is -0.305. The summed E-state index contributed by atoms with van der Waals surface area (Å²) in [6.45, 7) is 2.11. The van der Waals surface area contributed by atoms with Gasteiger partial charge in [0.2, 0.25) is 0 Å². The van der Waals surface area contributed by atoms with Crippen LogP contribution in [0.3, 0.4) is 0 Å². The van der Waals surface area contributed by atoms with Gasteiger partial charge in [0.25, 0.3) is 6.17 Å². The second-order valence-electron chi connectivity index (χ2n) is 8.13. The second-order valence-corrected chi connectivity index (χ2v) is 8.13. The van der Waals surface area contributed by atoms with E-state index in [1.807, 2.05) is 0 Å². The highest BCUT2D eigenvalue weighted by atomic mass is 19.4. The molecule has 1 aliphatic carbocycles. The van der Waals surface area contributed by atoms with Crippen LogP contribution in [0.2, 0.25) is 0 Å². The first-order chi connectivity index (χ1) is 15.5. The Morgan fingerprint density at radius 1 is 0.970 bits per heavy atom. The second kappa shape index (κ2) is 10.1. The van der Waals surface area contributed by atoms with E-state index in [0.29, 0.717) is 12.0 Å². The number of ether oxygens (including phenoxy) is 1. The number of rotatable bonds is 5. The molecule has 1 saturated carbocycles. The van der Waals surface area contributed by atoms with E-state index in [-0.39, 0.29) is 11.5 Å². The summed E-state index contributed by atoms with van der Waals surface area (Å²) in [6.07, 6.45) is -11.1. The maximum atomic E-state index is 14.1. The Balaban J connectivity index is 1.59. The first-order valence-electron chi connectivity index (χ1n) is 10.7. The molecule has 178 valence electrons. The molecule has 0 aliphatic heterocycles. The van der Waals surface area contributed by atoms with Crippen LogP contribution in [0.15, 0.2) is 42.5 Å². The molecule has 0 heterocycles. The van der Waals surface area contributed by atoms with E-state index in [9.17, 15) is 30.7 Å². The lowest BCUT2D eigenvalue weighted by Gasteiger charge is -2.26. The summed E-state index contributed by atoms with van der Waals surface area (Å²) in [5.74, 6) is 3.84. The normalized spacial score (nSPS) is 20.0. The summed E-state index contributed by atoms with van der Waals surface area (Å²) in [7, 11) is 0. The van der Waals surface area contributed by atoms with Gasteiger partial charge in [0.1, 0.15) is 0 Å². The fourth-order valence-electron chi connectivity index (χ4n) is 3.83. The van der Waals surface area contributed by atoms with Gasteiger partial charge in [-0.3, -0.25) is 0 Å². The smallest absolute Gasteiger partial charge is 0.427 e. The molecular weight excluding hydrogens is 449 g/mol. The number of benzene rings is 2. The van der Waals surface area contributed by atoms with Gasteiger partial charge in [-0.15, -0.1) is 0 Å². The van der Waals surface area contributed by atoms with E-state index in [1.165, 1.54) is 11.1 Å². The van der Waals surface area contributed by atoms with Crippen LogP contribution in [-0.2, 0) is 6.42 Å². The summed E-state index contributed by atoms with van der Waals surface area (Å²) in [5.41, 5.74) is 2.75. The molecule has 2 aromatic rings. The van der Waals surface area contributed by atoms with Crippen LogP contribution in [0.5, 0.6) is 5.75 Å². The molecule has 0 amide bonds. The van der Waals surface area contributed by atoms with Crippen molar-refractivity contribution in [3.63, 3.8) is 0 Å². The molecule has 0 saturated heterocycles.